The van der Waals surface area contributed by atoms with Gasteiger partial charge in [0, 0.05) is 30.5 Å². The molecule has 1 saturated heterocycles. The SMILES string of the molecule is CC(C)NC(=O)C1CCCN1c1nc(Cc2ccc(F)cc2)ns1. The van der Waals surface area contributed by atoms with E-state index in [9.17, 15) is 9.18 Å². The van der Waals surface area contributed by atoms with Crippen LogP contribution in [-0.2, 0) is 11.2 Å². The van der Waals surface area contributed by atoms with Crippen LogP contribution < -0.4 is 10.2 Å². The lowest BCUT2D eigenvalue weighted by Gasteiger charge is -2.23. The van der Waals surface area contributed by atoms with Gasteiger partial charge in [-0.15, -0.1) is 0 Å². The zero-order valence-electron chi connectivity index (χ0n) is 13.8. The Balaban J connectivity index is 1.70. The highest BCUT2D eigenvalue weighted by atomic mass is 32.1. The van der Waals surface area contributed by atoms with Gasteiger partial charge in [0.25, 0.3) is 0 Å². The number of carbonyl (C=O) groups is 1. The van der Waals surface area contributed by atoms with E-state index in [1.165, 1.54) is 23.7 Å². The molecule has 5 nitrogen and oxygen atoms in total. The van der Waals surface area contributed by atoms with E-state index in [1.807, 2.05) is 18.7 Å². The van der Waals surface area contributed by atoms with E-state index in [0.29, 0.717) is 12.2 Å². The number of benzene rings is 1. The molecule has 1 aromatic carbocycles. The smallest absolute Gasteiger partial charge is 0.242 e. The molecule has 0 aliphatic carbocycles. The fourth-order valence-electron chi connectivity index (χ4n) is 2.87. The molecule has 24 heavy (non-hydrogen) atoms. The average molecular weight is 348 g/mol. The fraction of sp³-hybridized carbons (Fsp3) is 0.471. The lowest BCUT2D eigenvalue weighted by Crippen LogP contribution is -2.45. The number of rotatable bonds is 5. The molecule has 128 valence electrons. The maximum Gasteiger partial charge on any atom is 0.242 e. The third-order valence-electron chi connectivity index (χ3n) is 3.96. The molecule has 1 aromatic heterocycles. The van der Waals surface area contributed by atoms with E-state index < -0.39 is 0 Å². The van der Waals surface area contributed by atoms with Crippen LogP contribution in [0.3, 0.4) is 0 Å². The van der Waals surface area contributed by atoms with Crippen molar-refractivity contribution in [2.24, 2.45) is 0 Å². The maximum atomic E-state index is 13.0. The molecule has 0 spiro atoms. The normalized spacial score (nSPS) is 17.5. The van der Waals surface area contributed by atoms with Crippen molar-refractivity contribution < 1.29 is 9.18 Å². The monoisotopic (exact) mass is 348 g/mol. The first kappa shape index (κ1) is 16.8. The Bertz CT molecular complexity index is 701. The second kappa shape index (κ2) is 7.25. The van der Waals surface area contributed by atoms with Crippen LogP contribution in [0.2, 0.25) is 0 Å². The summed E-state index contributed by atoms with van der Waals surface area (Å²) in [5.41, 5.74) is 0.969. The minimum Gasteiger partial charge on any atom is -0.352 e. The van der Waals surface area contributed by atoms with E-state index >= 15 is 0 Å². The summed E-state index contributed by atoms with van der Waals surface area (Å²) in [5.74, 6) is 0.510. The molecule has 0 saturated carbocycles. The molecule has 1 atom stereocenters. The summed E-state index contributed by atoms with van der Waals surface area (Å²) in [4.78, 5) is 19.0. The Morgan fingerprint density at radius 1 is 1.42 bits per heavy atom. The lowest BCUT2D eigenvalue weighted by molar-refractivity contribution is -0.122. The molecule has 3 rings (SSSR count). The predicted molar refractivity (Wildman–Crippen MR) is 92.8 cm³/mol. The lowest BCUT2D eigenvalue weighted by atomic mass is 10.1. The van der Waals surface area contributed by atoms with Crippen LogP contribution in [0.25, 0.3) is 0 Å². The van der Waals surface area contributed by atoms with Gasteiger partial charge in [-0.25, -0.2) is 9.37 Å². The topological polar surface area (TPSA) is 58.1 Å². The number of anilines is 1. The van der Waals surface area contributed by atoms with E-state index in [-0.39, 0.29) is 23.8 Å². The Morgan fingerprint density at radius 3 is 2.88 bits per heavy atom. The van der Waals surface area contributed by atoms with Crippen molar-refractivity contribution in [3.63, 3.8) is 0 Å². The highest BCUT2D eigenvalue weighted by Gasteiger charge is 2.33. The zero-order valence-corrected chi connectivity index (χ0v) is 14.6. The third-order valence-corrected chi connectivity index (χ3v) is 4.76. The van der Waals surface area contributed by atoms with Crippen LogP contribution in [0.15, 0.2) is 24.3 Å². The summed E-state index contributed by atoms with van der Waals surface area (Å²) < 4.78 is 17.4. The van der Waals surface area contributed by atoms with Crippen molar-refractivity contribution in [1.82, 2.24) is 14.7 Å². The number of hydrogen-bond acceptors (Lipinski definition) is 5. The number of nitrogens with one attached hydrogen (secondary N) is 1. The van der Waals surface area contributed by atoms with E-state index in [4.69, 9.17) is 0 Å². The minimum atomic E-state index is -0.248. The van der Waals surface area contributed by atoms with E-state index in [2.05, 4.69) is 14.7 Å². The largest absolute Gasteiger partial charge is 0.352 e. The van der Waals surface area contributed by atoms with Gasteiger partial charge in [0.15, 0.2) is 0 Å². The second-order valence-electron chi connectivity index (χ2n) is 6.31. The summed E-state index contributed by atoms with van der Waals surface area (Å²) in [6.07, 6.45) is 2.38. The van der Waals surface area contributed by atoms with Crippen molar-refractivity contribution in [1.29, 1.82) is 0 Å². The minimum absolute atomic E-state index is 0.0535. The van der Waals surface area contributed by atoms with Crippen molar-refractivity contribution in [2.45, 2.75) is 45.2 Å². The number of aromatic nitrogens is 2. The summed E-state index contributed by atoms with van der Waals surface area (Å²) in [5, 5.41) is 3.76. The molecule has 0 bridgehead atoms. The molecule has 1 aliphatic heterocycles. The van der Waals surface area contributed by atoms with Crippen molar-refractivity contribution in [2.75, 3.05) is 11.4 Å². The van der Waals surface area contributed by atoms with E-state index in [0.717, 1.165) is 30.1 Å². The average Bonchev–Trinajstić information content (AvgIpc) is 3.17. The van der Waals surface area contributed by atoms with Crippen LogP contribution in [0.1, 0.15) is 38.1 Å². The Hall–Kier alpha value is -2.02. The summed E-state index contributed by atoms with van der Waals surface area (Å²) in [6.45, 7) is 4.74. The first-order valence-electron chi connectivity index (χ1n) is 8.17. The molecule has 7 heteroatoms. The van der Waals surface area contributed by atoms with Crippen molar-refractivity contribution in [3.05, 3.63) is 41.5 Å². The molecule has 0 radical (unpaired) electrons. The van der Waals surface area contributed by atoms with Crippen LogP contribution in [-0.4, -0.2) is 33.9 Å². The summed E-state index contributed by atoms with van der Waals surface area (Å²) in [6, 6.07) is 6.32. The van der Waals surface area contributed by atoms with Gasteiger partial charge in [0.05, 0.1) is 0 Å². The van der Waals surface area contributed by atoms with Gasteiger partial charge in [-0.2, -0.15) is 4.37 Å². The van der Waals surface area contributed by atoms with Gasteiger partial charge < -0.3 is 10.2 Å². The maximum absolute atomic E-state index is 13.0. The number of halogens is 1. The van der Waals surface area contributed by atoms with Crippen molar-refractivity contribution in [3.8, 4) is 0 Å². The standard InChI is InChI=1S/C17H21FN4OS/c1-11(2)19-16(23)14-4-3-9-22(14)17-20-15(21-24-17)10-12-5-7-13(18)8-6-12/h5-8,11,14H,3-4,9-10H2,1-2H3,(H,19,23). The Morgan fingerprint density at radius 2 is 2.17 bits per heavy atom. The van der Waals surface area contributed by atoms with Crippen LogP contribution in [0, 0.1) is 5.82 Å². The molecular formula is C17H21FN4OS. The van der Waals surface area contributed by atoms with Crippen LogP contribution >= 0.6 is 11.5 Å². The van der Waals surface area contributed by atoms with Gasteiger partial charge in [-0.05, 0) is 44.4 Å². The molecular weight excluding hydrogens is 327 g/mol. The second-order valence-corrected chi connectivity index (χ2v) is 7.04. The van der Waals surface area contributed by atoms with Crippen LogP contribution in [0.4, 0.5) is 9.52 Å². The third kappa shape index (κ3) is 3.90. The molecule has 2 aromatic rings. The molecule has 1 N–H and O–H groups in total. The van der Waals surface area contributed by atoms with Gasteiger partial charge in [0.2, 0.25) is 11.0 Å². The molecule has 1 amide bonds. The van der Waals surface area contributed by atoms with E-state index in [1.54, 1.807) is 12.1 Å². The highest BCUT2D eigenvalue weighted by Crippen LogP contribution is 2.27. The zero-order chi connectivity index (χ0) is 17.1. The first-order chi connectivity index (χ1) is 11.5. The summed E-state index contributed by atoms with van der Waals surface area (Å²) in [7, 11) is 0. The molecule has 1 unspecified atom stereocenters. The van der Waals surface area contributed by atoms with Gasteiger partial charge in [0.1, 0.15) is 17.7 Å². The van der Waals surface area contributed by atoms with Crippen molar-refractivity contribution >= 4 is 22.6 Å². The fourth-order valence-corrected chi connectivity index (χ4v) is 3.63. The Labute approximate surface area is 145 Å². The number of hydrogen-bond donors (Lipinski definition) is 1. The molecule has 1 aliphatic rings. The summed E-state index contributed by atoms with van der Waals surface area (Å²) >= 11 is 1.32. The Kier molecular flexibility index (Phi) is 5.08. The predicted octanol–water partition coefficient (Wildman–Crippen LogP) is 2.76. The quantitative estimate of drug-likeness (QED) is 0.903. The van der Waals surface area contributed by atoms with Gasteiger partial charge in [-0.3, -0.25) is 4.79 Å². The van der Waals surface area contributed by atoms with Crippen LogP contribution in [0.5, 0.6) is 0 Å². The molecule has 2 heterocycles. The van der Waals surface area contributed by atoms with Gasteiger partial charge in [-0.1, -0.05) is 12.1 Å². The van der Waals surface area contributed by atoms with Gasteiger partial charge >= 0.3 is 0 Å². The highest BCUT2D eigenvalue weighted by molar-refractivity contribution is 7.09. The first-order valence-corrected chi connectivity index (χ1v) is 8.94. The molecule has 1 fully saturated rings. The number of carbonyl (C=O) groups excluding carboxylic acids is 1. The number of amides is 1. The number of nitrogens with zero attached hydrogens (tertiary/aromatic N) is 3.